The highest BCUT2D eigenvalue weighted by molar-refractivity contribution is 5.95. The largest absolute Gasteiger partial charge is 0.481 e. The van der Waals surface area contributed by atoms with Gasteiger partial charge in [0.2, 0.25) is 0 Å². The molecule has 0 aliphatic rings. The van der Waals surface area contributed by atoms with Gasteiger partial charge in [-0.05, 0) is 44.5 Å². The Hall–Kier alpha value is -2.57. The predicted octanol–water partition coefficient (Wildman–Crippen LogP) is 1.81. The molecule has 0 fully saturated rings. The van der Waals surface area contributed by atoms with E-state index in [9.17, 15) is 14.4 Å². The van der Waals surface area contributed by atoms with Crippen molar-refractivity contribution in [3.05, 3.63) is 29.8 Å². The Morgan fingerprint density at radius 2 is 1.73 bits per heavy atom. The van der Waals surface area contributed by atoms with Gasteiger partial charge in [-0.15, -0.1) is 0 Å². The topological polar surface area (TPSA) is 108 Å². The molecule has 0 saturated carbocycles. The summed E-state index contributed by atoms with van der Waals surface area (Å²) < 4.78 is 0. The van der Waals surface area contributed by atoms with Crippen LogP contribution in [0.1, 0.15) is 37.0 Å². The van der Waals surface area contributed by atoms with Crippen LogP contribution in [0.4, 0.5) is 10.5 Å². The zero-order chi connectivity index (χ0) is 16.8. The standard InChI is InChI=1S/C15H21N3O4/c1-15(2,9-8-12(19)20)18-14(22)17-11-6-4-10(5-7-11)13(21)16-3/h4-7H,8-9H2,1-3H3,(H,16,21)(H,19,20)(H2,17,18,22). The summed E-state index contributed by atoms with van der Waals surface area (Å²) >= 11 is 0. The molecule has 7 heteroatoms. The highest BCUT2D eigenvalue weighted by Crippen LogP contribution is 2.13. The molecule has 0 unspecified atom stereocenters. The Kier molecular flexibility index (Phi) is 5.91. The van der Waals surface area contributed by atoms with Crippen LogP contribution in [0.5, 0.6) is 0 Å². The van der Waals surface area contributed by atoms with Crippen molar-refractivity contribution in [1.29, 1.82) is 0 Å². The first-order valence-electron chi connectivity index (χ1n) is 6.86. The first kappa shape index (κ1) is 17.5. The fourth-order valence-corrected chi connectivity index (χ4v) is 1.80. The third-order valence-electron chi connectivity index (χ3n) is 3.05. The number of anilines is 1. The fraction of sp³-hybridized carbons (Fsp3) is 0.400. The number of carboxylic acids is 1. The SMILES string of the molecule is CNC(=O)c1ccc(NC(=O)NC(C)(C)CCC(=O)O)cc1. The molecule has 0 heterocycles. The molecule has 120 valence electrons. The average molecular weight is 307 g/mol. The number of aliphatic carboxylic acids is 1. The van der Waals surface area contributed by atoms with Gasteiger partial charge in [0.1, 0.15) is 0 Å². The molecule has 1 aromatic rings. The van der Waals surface area contributed by atoms with E-state index in [0.29, 0.717) is 17.7 Å². The van der Waals surface area contributed by atoms with Crippen LogP contribution in [-0.2, 0) is 4.79 Å². The molecule has 0 aliphatic heterocycles. The fourth-order valence-electron chi connectivity index (χ4n) is 1.80. The number of carbonyl (C=O) groups excluding carboxylic acids is 2. The molecule has 1 rings (SSSR count). The van der Waals surface area contributed by atoms with Crippen LogP contribution in [0.25, 0.3) is 0 Å². The summed E-state index contributed by atoms with van der Waals surface area (Å²) in [6.45, 7) is 3.51. The Morgan fingerprint density at radius 3 is 2.23 bits per heavy atom. The number of nitrogens with one attached hydrogen (secondary N) is 3. The second kappa shape index (κ2) is 7.44. The van der Waals surface area contributed by atoms with E-state index < -0.39 is 17.5 Å². The van der Waals surface area contributed by atoms with Crippen LogP contribution in [0, 0.1) is 0 Å². The summed E-state index contributed by atoms with van der Waals surface area (Å²) in [6, 6.07) is 6.01. The number of hydrogen-bond acceptors (Lipinski definition) is 3. The molecule has 1 aromatic carbocycles. The zero-order valence-electron chi connectivity index (χ0n) is 12.9. The lowest BCUT2D eigenvalue weighted by Gasteiger charge is -2.25. The Balaban J connectivity index is 2.57. The first-order chi connectivity index (χ1) is 10.2. The highest BCUT2D eigenvalue weighted by Gasteiger charge is 2.21. The second-order valence-electron chi connectivity index (χ2n) is 5.51. The van der Waals surface area contributed by atoms with E-state index in [4.69, 9.17) is 5.11 Å². The molecule has 0 spiro atoms. The van der Waals surface area contributed by atoms with Gasteiger partial charge in [0.15, 0.2) is 0 Å². The van der Waals surface area contributed by atoms with E-state index in [2.05, 4.69) is 16.0 Å². The van der Waals surface area contributed by atoms with E-state index in [1.807, 2.05) is 0 Å². The molecule has 22 heavy (non-hydrogen) atoms. The molecular formula is C15H21N3O4. The molecule has 0 radical (unpaired) electrons. The number of benzene rings is 1. The third kappa shape index (κ3) is 5.82. The van der Waals surface area contributed by atoms with Gasteiger partial charge >= 0.3 is 12.0 Å². The van der Waals surface area contributed by atoms with Crippen molar-refractivity contribution in [3.63, 3.8) is 0 Å². The summed E-state index contributed by atoms with van der Waals surface area (Å²) in [6.07, 6.45) is 0.305. The van der Waals surface area contributed by atoms with Crippen molar-refractivity contribution >= 4 is 23.6 Å². The minimum atomic E-state index is -0.903. The van der Waals surface area contributed by atoms with Crippen molar-refractivity contribution in [2.75, 3.05) is 12.4 Å². The first-order valence-corrected chi connectivity index (χ1v) is 6.86. The normalized spacial score (nSPS) is 10.7. The maximum absolute atomic E-state index is 11.9. The quantitative estimate of drug-likeness (QED) is 0.643. The van der Waals surface area contributed by atoms with Crippen LogP contribution < -0.4 is 16.0 Å². The minimum absolute atomic E-state index is 0.0197. The Labute approximate surface area is 129 Å². The van der Waals surface area contributed by atoms with E-state index in [1.54, 1.807) is 45.2 Å². The second-order valence-corrected chi connectivity index (χ2v) is 5.51. The molecule has 4 N–H and O–H groups in total. The van der Waals surface area contributed by atoms with Gasteiger partial charge in [0.25, 0.3) is 5.91 Å². The highest BCUT2D eigenvalue weighted by atomic mass is 16.4. The molecule has 0 bridgehead atoms. The summed E-state index contributed by atoms with van der Waals surface area (Å²) in [7, 11) is 1.54. The average Bonchev–Trinajstić information content (AvgIpc) is 2.44. The number of amides is 3. The van der Waals surface area contributed by atoms with Crippen LogP contribution in [0.3, 0.4) is 0 Å². The lowest BCUT2D eigenvalue weighted by molar-refractivity contribution is -0.137. The van der Waals surface area contributed by atoms with Gasteiger partial charge in [-0.3, -0.25) is 9.59 Å². The molecule has 0 aliphatic carbocycles. The van der Waals surface area contributed by atoms with E-state index in [1.165, 1.54) is 0 Å². The van der Waals surface area contributed by atoms with Crippen molar-refractivity contribution < 1.29 is 19.5 Å². The van der Waals surface area contributed by atoms with Crippen LogP contribution in [0.2, 0.25) is 0 Å². The maximum atomic E-state index is 11.9. The minimum Gasteiger partial charge on any atom is -0.481 e. The Morgan fingerprint density at radius 1 is 1.14 bits per heavy atom. The smallest absolute Gasteiger partial charge is 0.319 e. The van der Waals surface area contributed by atoms with E-state index in [0.717, 1.165) is 0 Å². The van der Waals surface area contributed by atoms with E-state index >= 15 is 0 Å². The zero-order valence-corrected chi connectivity index (χ0v) is 12.9. The maximum Gasteiger partial charge on any atom is 0.319 e. The monoisotopic (exact) mass is 307 g/mol. The summed E-state index contributed by atoms with van der Waals surface area (Å²) in [5.74, 6) is -1.11. The summed E-state index contributed by atoms with van der Waals surface area (Å²) in [5, 5.41) is 16.5. The lowest BCUT2D eigenvalue weighted by atomic mass is 9.99. The van der Waals surface area contributed by atoms with Crippen LogP contribution in [0.15, 0.2) is 24.3 Å². The Bertz CT molecular complexity index is 552. The van der Waals surface area contributed by atoms with Crippen LogP contribution in [-0.4, -0.2) is 35.6 Å². The number of urea groups is 1. The van der Waals surface area contributed by atoms with Crippen molar-refractivity contribution in [2.24, 2.45) is 0 Å². The summed E-state index contributed by atoms with van der Waals surface area (Å²) in [4.78, 5) is 33.9. The van der Waals surface area contributed by atoms with Gasteiger partial charge in [0, 0.05) is 30.3 Å². The molecule has 7 nitrogen and oxygen atoms in total. The molecule has 0 saturated heterocycles. The van der Waals surface area contributed by atoms with Crippen LogP contribution >= 0.6 is 0 Å². The van der Waals surface area contributed by atoms with E-state index in [-0.39, 0.29) is 12.3 Å². The van der Waals surface area contributed by atoms with Crippen molar-refractivity contribution in [3.8, 4) is 0 Å². The predicted molar refractivity (Wildman–Crippen MR) is 82.9 cm³/mol. The van der Waals surface area contributed by atoms with Gasteiger partial charge in [0.05, 0.1) is 0 Å². The summed E-state index contributed by atoms with van der Waals surface area (Å²) in [5.41, 5.74) is 0.402. The van der Waals surface area contributed by atoms with Gasteiger partial charge in [-0.2, -0.15) is 0 Å². The molecule has 3 amide bonds. The lowest BCUT2D eigenvalue weighted by Crippen LogP contribution is -2.45. The number of carboxylic acid groups (broad SMARTS) is 1. The van der Waals surface area contributed by atoms with Crippen molar-refractivity contribution in [2.45, 2.75) is 32.2 Å². The number of hydrogen-bond donors (Lipinski definition) is 4. The molecule has 0 aromatic heterocycles. The van der Waals surface area contributed by atoms with Gasteiger partial charge in [-0.25, -0.2) is 4.79 Å². The molecular weight excluding hydrogens is 286 g/mol. The number of rotatable bonds is 6. The number of carbonyl (C=O) groups is 3. The molecule has 0 atom stereocenters. The van der Waals surface area contributed by atoms with Crippen molar-refractivity contribution in [1.82, 2.24) is 10.6 Å². The third-order valence-corrected chi connectivity index (χ3v) is 3.05. The van der Waals surface area contributed by atoms with Gasteiger partial charge < -0.3 is 21.1 Å². The van der Waals surface area contributed by atoms with Gasteiger partial charge in [-0.1, -0.05) is 0 Å².